The van der Waals surface area contributed by atoms with Crippen LogP contribution in [0.1, 0.15) is 25.5 Å². The molecule has 0 aliphatic rings. The van der Waals surface area contributed by atoms with Crippen molar-refractivity contribution in [1.29, 1.82) is 0 Å². The van der Waals surface area contributed by atoms with Crippen LogP contribution in [0, 0.1) is 0 Å². The molecule has 0 spiro atoms. The molecule has 0 heterocycles. The van der Waals surface area contributed by atoms with E-state index >= 15 is 0 Å². The quantitative estimate of drug-likeness (QED) is 0.854. The zero-order chi connectivity index (χ0) is 15.2. The number of anilines is 2. The molecule has 1 N–H and O–H groups in total. The molecule has 112 valence electrons. The molecule has 0 fully saturated rings. The van der Waals surface area contributed by atoms with Crippen LogP contribution in [0.2, 0.25) is 0 Å². The molecule has 21 heavy (non-hydrogen) atoms. The van der Waals surface area contributed by atoms with Crippen LogP contribution < -0.4 is 15.0 Å². The summed E-state index contributed by atoms with van der Waals surface area (Å²) in [6.07, 6.45) is 0. The summed E-state index contributed by atoms with van der Waals surface area (Å²) in [5.41, 5.74) is 3.48. The molecular weight excluding hydrogens is 260 g/mol. The van der Waals surface area contributed by atoms with Crippen molar-refractivity contribution < 1.29 is 4.74 Å². The van der Waals surface area contributed by atoms with Crippen LogP contribution in [0.15, 0.2) is 48.5 Å². The number of hydrogen-bond acceptors (Lipinski definition) is 3. The second-order valence-electron chi connectivity index (χ2n) is 5.25. The number of ether oxygens (including phenoxy) is 1. The number of benzene rings is 2. The molecule has 0 radical (unpaired) electrons. The lowest BCUT2D eigenvalue weighted by Crippen LogP contribution is -2.14. The molecule has 0 bridgehead atoms. The van der Waals surface area contributed by atoms with Crippen molar-refractivity contribution in [1.82, 2.24) is 0 Å². The Morgan fingerprint density at radius 3 is 2.43 bits per heavy atom. The Morgan fingerprint density at radius 1 is 1.05 bits per heavy atom. The number of para-hydroxylation sites is 3. The maximum Gasteiger partial charge on any atom is 0.124 e. The van der Waals surface area contributed by atoms with Crippen LogP contribution in [-0.2, 0) is 0 Å². The summed E-state index contributed by atoms with van der Waals surface area (Å²) in [5.74, 6) is 0.947. The van der Waals surface area contributed by atoms with Crippen LogP contribution >= 0.6 is 0 Å². The van der Waals surface area contributed by atoms with E-state index in [1.807, 2.05) is 25.1 Å². The summed E-state index contributed by atoms with van der Waals surface area (Å²) >= 11 is 0. The summed E-state index contributed by atoms with van der Waals surface area (Å²) in [4.78, 5) is 2.11. The maximum absolute atomic E-state index is 5.72. The number of hydrogen-bond donors (Lipinski definition) is 1. The predicted molar refractivity (Wildman–Crippen MR) is 90.4 cm³/mol. The van der Waals surface area contributed by atoms with Gasteiger partial charge in [0.25, 0.3) is 0 Å². The van der Waals surface area contributed by atoms with E-state index < -0.39 is 0 Å². The number of nitrogens with one attached hydrogen (secondary N) is 1. The van der Waals surface area contributed by atoms with Crippen molar-refractivity contribution in [2.45, 2.75) is 19.9 Å². The summed E-state index contributed by atoms with van der Waals surface area (Å²) < 4.78 is 5.72. The standard InChI is InChI=1S/C18H24N2O/c1-5-21-18-13-9-6-10-15(18)14(2)19-16-11-7-8-12-17(16)20(3)4/h6-14,19H,5H2,1-4H3. The molecule has 2 aromatic carbocycles. The van der Waals surface area contributed by atoms with Crippen LogP contribution in [0.5, 0.6) is 5.75 Å². The third-order valence-electron chi connectivity index (χ3n) is 3.44. The van der Waals surface area contributed by atoms with E-state index in [0.29, 0.717) is 6.61 Å². The van der Waals surface area contributed by atoms with E-state index in [9.17, 15) is 0 Å². The molecular formula is C18H24N2O. The van der Waals surface area contributed by atoms with Crippen LogP contribution in [0.4, 0.5) is 11.4 Å². The van der Waals surface area contributed by atoms with Crippen molar-refractivity contribution in [2.75, 3.05) is 30.9 Å². The zero-order valence-corrected chi connectivity index (χ0v) is 13.3. The summed E-state index contributed by atoms with van der Waals surface area (Å²) in [6, 6.07) is 16.7. The Morgan fingerprint density at radius 2 is 1.71 bits per heavy atom. The Kier molecular flexibility index (Phi) is 5.09. The molecule has 2 rings (SSSR count). The molecule has 0 saturated heterocycles. The highest BCUT2D eigenvalue weighted by atomic mass is 16.5. The smallest absolute Gasteiger partial charge is 0.124 e. The normalized spacial score (nSPS) is 11.8. The third kappa shape index (κ3) is 3.69. The average Bonchev–Trinajstić information content (AvgIpc) is 2.48. The predicted octanol–water partition coefficient (Wildman–Crippen LogP) is 4.32. The first-order valence-corrected chi connectivity index (χ1v) is 7.38. The van der Waals surface area contributed by atoms with Gasteiger partial charge in [0.2, 0.25) is 0 Å². The van der Waals surface area contributed by atoms with Gasteiger partial charge < -0.3 is 15.0 Å². The zero-order valence-electron chi connectivity index (χ0n) is 13.3. The summed E-state index contributed by atoms with van der Waals surface area (Å²) in [6.45, 7) is 4.85. The third-order valence-corrected chi connectivity index (χ3v) is 3.44. The fourth-order valence-corrected chi connectivity index (χ4v) is 2.42. The lowest BCUT2D eigenvalue weighted by atomic mass is 10.1. The lowest BCUT2D eigenvalue weighted by Gasteiger charge is -2.23. The van der Waals surface area contributed by atoms with Crippen molar-refractivity contribution in [2.24, 2.45) is 0 Å². The highest BCUT2D eigenvalue weighted by Gasteiger charge is 2.13. The van der Waals surface area contributed by atoms with E-state index in [-0.39, 0.29) is 6.04 Å². The van der Waals surface area contributed by atoms with Crippen molar-refractivity contribution in [3.63, 3.8) is 0 Å². The Labute approximate surface area is 127 Å². The highest BCUT2D eigenvalue weighted by Crippen LogP contribution is 2.31. The molecule has 3 nitrogen and oxygen atoms in total. The van der Waals surface area contributed by atoms with Gasteiger partial charge in [0.05, 0.1) is 24.0 Å². The van der Waals surface area contributed by atoms with Crippen molar-refractivity contribution in [3.8, 4) is 5.75 Å². The first-order valence-electron chi connectivity index (χ1n) is 7.38. The van der Waals surface area contributed by atoms with Gasteiger partial charge in [-0.15, -0.1) is 0 Å². The molecule has 0 aromatic heterocycles. The van der Waals surface area contributed by atoms with E-state index in [4.69, 9.17) is 4.74 Å². The molecule has 2 aromatic rings. The van der Waals surface area contributed by atoms with E-state index in [2.05, 4.69) is 61.6 Å². The van der Waals surface area contributed by atoms with Gasteiger partial charge in [-0.2, -0.15) is 0 Å². The lowest BCUT2D eigenvalue weighted by molar-refractivity contribution is 0.335. The minimum Gasteiger partial charge on any atom is -0.494 e. The minimum atomic E-state index is 0.175. The molecule has 0 amide bonds. The molecule has 0 aliphatic carbocycles. The van der Waals surface area contributed by atoms with Gasteiger partial charge >= 0.3 is 0 Å². The second-order valence-corrected chi connectivity index (χ2v) is 5.25. The minimum absolute atomic E-state index is 0.175. The molecule has 0 aliphatic heterocycles. The van der Waals surface area contributed by atoms with Crippen molar-refractivity contribution in [3.05, 3.63) is 54.1 Å². The van der Waals surface area contributed by atoms with Gasteiger partial charge in [-0.25, -0.2) is 0 Å². The highest BCUT2D eigenvalue weighted by molar-refractivity contribution is 5.70. The van der Waals surface area contributed by atoms with Gasteiger partial charge in [0.1, 0.15) is 5.75 Å². The molecule has 3 heteroatoms. The van der Waals surface area contributed by atoms with Gasteiger partial charge in [0, 0.05) is 19.7 Å². The second kappa shape index (κ2) is 7.02. The van der Waals surface area contributed by atoms with E-state index in [1.165, 1.54) is 11.3 Å². The van der Waals surface area contributed by atoms with E-state index in [0.717, 1.165) is 11.4 Å². The summed E-state index contributed by atoms with van der Waals surface area (Å²) in [5, 5.41) is 3.59. The van der Waals surface area contributed by atoms with Gasteiger partial charge in [-0.05, 0) is 32.0 Å². The largest absolute Gasteiger partial charge is 0.494 e. The maximum atomic E-state index is 5.72. The van der Waals surface area contributed by atoms with E-state index in [1.54, 1.807) is 0 Å². The Bertz CT molecular complexity index is 581. The first kappa shape index (κ1) is 15.2. The van der Waals surface area contributed by atoms with Crippen LogP contribution in [0.25, 0.3) is 0 Å². The Hall–Kier alpha value is -2.16. The molecule has 1 unspecified atom stereocenters. The SMILES string of the molecule is CCOc1ccccc1C(C)Nc1ccccc1N(C)C. The average molecular weight is 284 g/mol. The molecule has 0 saturated carbocycles. The summed E-state index contributed by atoms with van der Waals surface area (Å²) in [7, 11) is 4.11. The fraction of sp³-hybridized carbons (Fsp3) is 0.333. The monoisotopic (exact) mass is 284 g/mol. The first-order chi connectivity index (χ1) is 10.1. The van der Waals surface area contributed by atoms with Crippen molar-refractivity contribution >= 4 is 11.4 Å². The molecule has 1 atom stereocenters. The topological polar surface area (TPSA) is 24.5 Å². The van der Waals surface area contributed by atoms with Gasteiger partial charge in [-0.3, -0.25) is 0 Å². The van der Waals surface area contributed by atoms with Gasteiger partial charge in [0.15, 0.2) is 0 Å². The number of nitrogens with zero attached hydrogens (tertiary/aromatic N) is 1. The van der Waals surface area contributed by atoms with Crippen LogP contribution in [0.3, 0.4) is 0 Å². The number of rotatable bonds is 6. The van der Waals surface area contributed by atoms with Crippen LogP contribution in [-0.4, -0.2) is 20.7 Å². The van der Waals surface area contributed by atoms with Gasteiger partial charge in [-0.1, -0.05) is 30.3 Å². The fourth-order valence-electron chi connectivity index (χ4n) is 2.42. The Balaban J connectivity index is 2.24.